The van der Waals surface area contributed by atoms with Crippen molar-refractivity contribution in [3.05, 3.63) is 67.0 Å². The number of halogens is 2. The molecule has 0 saturated carbocycles. The second-order valence-corrected chi connectivity index (χ2v) is 7.55. The zero-order chi connectivity index (χ0) is 17.1. The molecule has 128 valence electrons. The maximum absolute atomic E-state index is 12.2. The molecular formula is C18H21BrClN3O. The minimum atomic E-state index is -0.0757. The van der Waals surface area contributed by atoms with E-state index < -0.39 is 0 Å². The van der Waals surface area contributed by atoms with Crippen LogP contribution in [0.15, 0.2) is 39.7 Å². The molecule has 1 aromatic carbocycles. The van der Waals surface area contributed by atoms with Gasteiger partial charge < -0.3 is 9.88 Å². The van der Waals surface area contributed by atoms with E-state index in [9.17, 15) is 4.79 Å². The van der Waals surface area contributed by atoms with Gasteiger partial charge in [0.1, 0.15) is 0 Å². The van der Waals surface area contributed by atoms with Crippen LogP contribution in [-0.4, -0.2) is 35.6 Å². The number of aryl methyl sites for hydroxylation is 1. The minimum absolute atomic E-state index is 0.0757. The SMILES string of the molecule is Cc1cc(Br)cc(Cn2ccc(Cl)cc2=O)c1CN1CCNCC1. The molecule has 1 aliphatic rings. The molecule has 0 amide bonds. The summed E-state index contributed by atoms with van der Waals surface area (Å²) in [4.78, 5) is 14.6. The van der Waals surface area contributed by atoms with Crippen LogP contribution in [0.4, 0.5) is 0 Å². The fourth-order valence-corrected chi connectivity index (χ4v) is 3.87. The molecule has 0 atom stereocenters. The number of piperazine rings is 1. The van der Waals surface area contributed by atoms with Crippen molar-refractivity contribution in [2.24, 2.45) is 0 Å². The molecule has 1 fully saturated rings. The van der Waals surface area contributed by atoms with Crippen LogP contribution in [0.25, 0.3) is 0 Å². The molecule has 24 heavy (non-hydrogen) atoms. The zero-order valence-electron chi connectivity index (χ0n) is 13.7. The molecule has 0 unspecified atom stereocenters. The predicted octanol–water partition coefficient (Wildman–Crippen LogP) is 3.03. The Hall–Kier alpha value is -1.14. The van der Waals surface area contributed by atoms with Gasteiger partial charge in [-0.25, -0.2) is 0 Å². The van der Waals surface area contributed by atoms with Gasteiger partial charge in [0, 0.05) is 54.5 Å². The largest absolute Gasteiger partial charge is 0.314 e. The van der Waals surface area contributed by atoms with Crippen molar-refractivity contribution >= 4 is 27.5 Å². The number of pyridine rings is 1. The minimum Gasteiger partial charge on any atom is -0.314 e. The number of rotatable bonds is 4. The second-order valence-electron chi connectivity index (χ2n) is 6.20. The highest BCUT2D eigenvalue weighted by Gasteiger charge is 2.15. The van der Waals surface area contributed by atoms with Crippen molar-refractivity contribution in [3.63, 3.8) is 0 Å². The predicted molar refractivity (Wildman–Crippen MR) is 102 cm³/mol. The first-order valence-corrected chi connectivity index (χ1v) is 9.27. The van der Waals surface area contributed by atoms with E-state index in [0.29, 0.717) is 11.6 Å². The van der Waals surface area contributed by atoms with Crippen LogP contribution in [0.5, 0.6) is 0 Å². The van der Waals surface area contributed by atoms with E-state index in [1.807, 2.05) is 0 Å². The molecule has 0 bridgehead atoms. The van der Waals surface area contributed by atoms with Crippen molar-refractivity contribution in [1.29, 1.82) is 0 Å². The third-order valence-corrected chi connectivity index (χ3v) is 5.11. The summed E-state index contributed by atoms with van der Waals surface area (Å²) in [5, 5.41) is 3.86. The Morgan fingerprint density at radius 3 is 2.67 bits per heavy atom. The number of hydrogen-bond donors (Lipinski definition) is 1. The molecule has 2 aromatic rings. The Bertz CT molecular complexity index is 784. The van der Waals surface area contributed by atoms with Crippen LogP contribution in [0.2, 0.25) is 5.02 Å². The third kappa shape index (κ3) is 4.28. The second kappa shape index (κ2) is 7.83. The van der Waals surface area contributed by atoms with Crippen molar-refractivity contribution < 1.29 is 0 Å². The first-order chi connectivity index (χ1) is 11.5. The lowest BCUT2D eigenvalue weighted by Crippen LogP contribution is -2.43. The van der Waals surface area contributed by atoms with Gasteiger partial charge in [0.05, 0.1) is 6.54 Å². The lowest BCUT2D eigenvalue weighted by atomic mass is 10.0. The molecule has 1 saturated heterocycles. The molecule has 1 N–H and O–H groups in total. The standard InChI is InChI=1S/C18H21BrClN3O/c1-13-8-15(19)9-14(11-23-5-2-16(20)10-18(23)24)17(13)12-22-6-3-21-4-7-22/h2,5,8-10,21H,3-4,6-7,11-12H2,1H3. The molecule has 3 rings (SSSR count). The fourth-order valence-electron chi connectivity index (χ4n) is 3.10. The van der Waals surface area contributed by atoms with Gasteiger partial charge in [0.25, 0.3) is 5.56 Å². The van der Waals surface area contributed by atoms with Crippen LogP contribution < -0.4 is 10.9 Å². The van der Waals surface area contributed by atoms with E-state index >= 15 is 0 Å². The molecule has 1 aliphatic heterocycles. The summed E-state index contributed by atoms with van der Waals surface area (Å²) in [7, 11) is 0. The Labute approximate surface area is 155 Å². The molecular weight excluding hydrogens is 390 g/mol. The fraction of sp³-hybridized carbons (Fsp3) is 0.389. The highest BCUT2D eigenvalue weighted by atomic mass is 79.9. The van der Waals surface area contributed by atoms with Crippen LogP contribution in [-0.2, 0) is 13.1 Å². The Morgan fingerprint density at radius 1 is 1.21 bits per heavy atom. The van der Waals surface area contributed by atoms with Crippen molar-refractivity contribution in [1.82, 2.24) is 14.8 Å². The van der Waals surface area contributed by atoms with Gasteiger partial charge in [0.15, 0.2) is 0 Å². The molecule has 4 nitrogen and oxygen atoms in total. The van der Waals surface area contributed by atoms with Crippen molar-refractivity contribution in [2.75, 3.05) is 26.2 Å². The Morgan fingerprint density at radius 2 is 1.96 bits per heavy atom. The maximum atomic E-state index is 12.2. The van der Waals surface area contributed by atoms with Crippen LogP contribution >= 0.6 is 27.5 Å². The van der Waals surface area contributed by atoms with E-state index in [2.05, 4.69) is 45.2 Å². The first-order valence-electron chi connectivity index (χ1n) is 8.10. The molecule has 0 spiro atoms. The third-order valence-electron chi connectivity index (χ3n) is 4.42. The summed E-state index contributed by atoms with van der Waals surface area (Å²) in [5.74, 6) is 0. The summed E-state index contributed by atoms with van der Waals surface area (Å²) in [6, 6.07) is 7.48. The van der Waals surface area contributed by atoms with Crippen LogP contribution in [0.1, 0.15) is 16.7 Å². The molecule has 2 heterocycles. The lowest BCUT2D eigenvalue weighted by molar-refractivity contribution is 0.232. The van der Waals surface area contributed by atoms with Gasteiger partial charge in [-0.2, -0.15) is 0 Å². The maximum Gasteiger partial charge on any atom is 0.252 e. The van der Waals surface area contributed by atoms with E-state index in [0.717, 1.165) is 37.2 Å². The topological polar surface area (TPSA) is 37.3 Å². The lowest BCUT2D eigenvalue weighted by Gasteiger charge is -2.29. The van der Waals surface area contributed by atoms with Gasteiger partial charge >= 0.3 is 0 Å². The number of hydrogen-bond acceptors (Lipinski definition) is 3. The van der Waals surface area contributed by atoms with E-state index in [4.69, 9.17) is 11.6 Å². The molecule has 1 aromatic heterocycles. The first kappa shape index (κ1) is 17.7. The smallest absolute Gasteiger partial charge is 0.252 e. The summed E-state index contributed by atoms with van der Waals surface area (Å²) in [6.07, 6.45) is 1.76. The van der Waals surface area contributed by atoms with Crippen LogP contribution in [0, 0.1) is 6.92 Å². The Balaban J connectivity index is 1.91. The molecule has 0 aliphatic carbocycles. The number of aromatic nitrogens is 1. The zero-order valence-corrected chi connectivity index (χ0v) is 16.0. The van der Waals surface area contributed by atoms with Gasteiger partial charge in [-0.05, 0) is 41.8 Å². The van der Waals surface area contributed by atoms with Crippen molar-refractivity contribution in [2.45, 2.75) is 20.0 Å². The summed E-state index contributed by atoms with van der Waals surface area (Å²) in [5.41, 5.74) is 3.65. The van der Waals surface area contributed by atoms with Gasteiger partial charge in [0.2, 0.25) is 0 Å². The highest BCUT2D eigenvalue weighted by molar-refractivity contribution is 9.10. The summed E-state index contributed by atoms with van der Waals surface area (Å²) < 4.78 is 2.75. The van der Waals surface area contributed by atoms with Gasteiger partial charge in [-0.15, -0.1) is 0 Å². The highest BCUT2D eigenvalue weighted by Crippen LogP contribution is 2.23. The number of nitrogens with zero attached hydrogens (tertiary/aromatic N) is 2. The van der Waals surface area contributed by atoms with Gasteiger partial charge in [-0.3, -0.25) is 9.69 Å². The average Bonchev–Trinajstić information content (AvgIpc) is 2.54. The van der Waals surface area contributed by atoms with E-state index in [1.165, 1.54) is 22.8 Å². The quantitative estimate of drug-likeness (QED) is 0.842. The summed E-state index contributed by atoms with van der Waals surface area (Å²) in [6.45, 7) is 7.77. The van der Waals surface area contributed by atoms with Crippen LogP contribution in [0.3, 0.4) is 0 Å². The van der Waals surface area contributed by atoms with Gasteiger partial charge in [-0.1, -0.05) is 27.5 Å². The number of nitrogens with one attached hydrogen (secondary N) is 1. The monoisotopic (exact) mass is 409 g/mol. The molecule has 0 radical (unpaired) electrons. The average molecular weight is 411 g/mol. The van der Waals surface area contributed by atoms with E-state index in [-0.39, 0.29) is 5.56 Å². The van der Waals surface area contributed by atoms with Crippen molar-refractivity contribution in [3.8, 4) is 0 Å². The molecule has 6 heteroatoms. The van der Waals surface area contributed by atoms with E-state index in [1.54, 1.807) is 16.8 Å². The normalized spacial score (nSPS) is 15.6. The number of benzene rings is 1. The summed E-state index contributed by atoms with van der Waals surface area (Å²) >= 11 is 9.48. The Kier molecular flexibility index (Phi) is 5.76.